The summed E-state index contributed by atoms with van der Waals surface area (Å²) in [6.45, 7) is 3.42. The highest BCUT2D eigenvalue weighted by Crippen LogP contribution is 2.07. The minimum atomic E-state index is 0.574. The fraction of sp³-hybridized carbons (Fsp3) is 0.312. The molecule has 1 N–H and O–H groups in total. The third-order valence-electron chi connectivity index (χ3n) is 2.70. The van der Waals surface area contributed by atoms with Gasteiger partial charge in [-0.2, -0.15) is 0 Å². The highest BCUT2D eigenvalue weighted by molar-refractivity contribution is 5.20. The number of hydrogen-bond acceptors (Lipinski definition) is 4. The van der Waals surface area contributed by atoms with Crippen LogP contribution in [-0.4, -0.2) is 31.3 Å². The normalized spacial score (nSPS) is 10.4. The summed E-state index contributed by atoms with van der Waals surface area (Å²) in [6, 6.07) is 15.7. The van der Waals surface area contributed by atoms with Crippen LogP contribution in [0.3, 0.4) is 0 Å². The molecule has 0 atom stereocenters. The van der Waals surface area contributed by atoms with E-state index in [1.54, 1.807) is 6.20 Å². The summed E-state index contributed by atoms with van der Waals surface area (Å²) < 4.78 is 11.0. The van der Waals surface area contributed by atoms with Crippen molar-refractivity contribution in [2.45, 2.75) is 6.54 Å². The molecule has 0 saturated heterocycles. The van der Waals surface area contributed by atoms with Gasteiger partial charge in [-0.25, -0.2) is 0 Å². The number of aromatic nitrogens is 1. The second kappa shape index (κ2) is 9.07. The minimum Gasteiger partial charge on any atom is -0.491 e. The molecule has 2 rings (SSSR count). The molecule has 20 heavy (non-hydrogen) atoms. The Morgan fingerprint density at radius 2 is 1.75 bits per heavy atom. The lowest BCUT2D eigenvalue weighted by molar-refractivity contribution is 0.102. The molecular formula is C16H20N2O2. The summed E-state index contributed by atoms with van der Waals surface area (Å²) in [5, 5.41) is 3.28. The van der Waals surface area contributed by atoms with Gasteiger partial charge in [0.15, 0.2) is 0 Å². The third-order valence-corrected chi connectivity index (χ3v) is 2.70. The van der Waals surface area contributed by atoms with Crippen molar-refractivity contribution in [3.8, 4) is 5.75 Å². The zero-order valence-corrected chi connectivity index (χ0v) is 11.5. The van der Waals surface area contributed by atoms with Gasteiger partial charge in [0.1, 0.15) is 12.4 Å². The lowest BCUT2D eigenvalue weighted by Gasteiger charge is -2.07. The maximum atomic E-state index is 5.53. The highest BCUT2D eigenvalue weighted by atomic mass is 16.5. The number of nitrogens with one attached hydrogen (secondary N) is 1. The van der Waals surface area contributed by atoms with E-state index in [0.29, 0.717) is 19.8 Å². The van der Waals surface area contributed by atoms with Crippen molar-refractivity contribution in [2.24, 2.45) is 0 Å². The summed E-state index contributed by atoms with van der Waals surface area (Å²) in [6.07, 6.45) is 1.80. The van der Waals surface area contributed by atoms with Gasteiger partial charge in [0.05, 0.1) is 18.9 Å². The van der Waals surface area contributed by atoms with Crippen LogP contribution in [0.25, 0.3) is 0 Å². The van der Waals surface area contributed by atoms with Crippen LogP contribution in [0.5, 0.6) is 5.75 Å². The van der Waals surface area contributed by atoms with Crippen LogP contribution in [0.1, 0.15) is 5.69 Å². The summed E-state index contributed by atoms with van der Waals surface area (Å²) in [5.74, 6) is 0.879. The molecule has 0 aliphatic carbocycles. The number of nitrogens with zero attached hydrogens (tertiary/aromatic N) is 1. The van der Waals surface area contributed by atoms with Crippen LogP contribution in [0.4, 0.5) is 0 Å². The molecule has 0 radical (unpaired) electrons. The number of hydrogen-bond donors (Lipinski definition) is 1. The van der Waals surface area contributed by atoms with Crippen LogP contribution < -0.4 is 10.1 Å². The SMILES string of the molecule is c1ccc(OCCOCCNCc2ccccn2)cc1. The van der Waals surface area contributed by atoms with Crippen molar-refractivity contribution in [3.05, 3.63) is 60.4 Å². The molecule has 0 aliphatic rings. The van der Waals surface area contributed by atoms with Crippen LogP contribution >= 0.6 is 0 Å². The van der Waals surface area contributed by atoms with E-state index in [0.717, 1.165) is 24.5 Å². The van der Waals surface area contributed by atoms with Crippen molar-refractivity contribution in [3.63, 3.8) is 0 Å². The van der Waals surface area contributed by atoms with Gasteiger partial charge >= 0.3 is 0 Å². The van der Waals surface area contributed by atoms with Crippen molar-refractivity contribution in [1.29, 1.82) is 0 Å². The summed E-state index contributed by atoms with van der Waals surface area (Å²) in [5.41, 5.74) is 1.04. The fourth-order valence-electron chi connectivity index (χ4n) is 1.70. The zero-order valence-electron chi connectivity index (χ0n) is 11.5. The first-order valence-electron chi connectivity index (χ1n) is 6.81. The Labute approximate surface area is 119 Å². The topological polar surface area (TPSA) is 43.4 Å². The molecule has 4 nitrogen and oxygen atoms in total. The Balaban J connectivity index is 1.44. The van der Waals surface area contributed by atoms with Crippen molar-refractivity contribution in [2.75, 3.05) is 26.4 Å². The van der Waals surface area contributed by atoms with Crippen molar-refractivity contribution in [1.82, 2.24) is 10.3 Å². The summed E-state index contributed by atoms with van der Waals surface area (Å²) in [7, 11) is 0. The van der Waals surface area contributed by atoms with Gasteiger partial charge in [-0.15, -0.1) is 0 Å². The minimum absolute atomic E-state index is 0.574. The van der Waals surface area contributed by atoms with Crippen LogP contribution in [0, 0.1) is 0 Å². The predicted octanol–water partition coefficient (Wildman–Crippen LogP) is 2.27. The quantitative estimate of drug-likeness (QED) is 0.711. The van der Waals surface area contributed by atoms with E-state index < -0.39 is 0 Å². The van der Waals surface area contributed by atoms with Crippen LogP contribution in [0.2, 0.25) is 0 Å². The van der Waals surface area contributed by atoms with Crippen molar-refractivity contribution < 1.29 is 9.47 Å². The number of para-hydroxylation sites is 1. The molecule has 0 fully saturated rings. The summed E-state index contributed by atoms with van der Waals surface area (Å²) in [4.78, 5) is 4.24. The molecule has 0 aliphatic heterocycles. The smallest absolute Gasteiger partial charge is 0.119 e. The Bertz CT molecular complexity index is 417. The van der Waals surface area contributed by atoms with Gasteiger partial charge in [-0.05, 0) is 24.3 Å². The average molecular weight is 272 g/mol. The molecule has 4 heteroatoms. The molecule has 106 valence electrons. The second-order valence-electron chi connectivity index (χ2n) is 4.27. The number of rotatable bonds is 9. The van der Waals surface area contributed by atoms with E-state index in [9.17, 15) is 0 Å². The number of pyridine rings is 1. The van der Waals surface area contributed by atoms with Gasteiger partial charge in [0, 0.05) is 19.3 Å². The Kier molecular flexibility index (Phi) is 6.57. The van der Waals surface area contributed by atoms with Crippen molar-refractivity contribution >= 4 is 0 Å². The molecule has 0 spiro atoms. The van der Waals surface area contributed by atoms with Gasteiger partial charge in [0.25, 0.3) is 0 Å². The monoisotopic (exact) mass is 272 g/mol. The number of benzene rings is 1. The van der Waals surface area contributed by atoms with E-state index in [2.05, 4.69) is 10.3 Å². The van der Waals surface area contributed by atoms with Gasteiger partial charge in [0.2, 0.25) is 0 Å². The standard InChI is InChI=1S/C16H20N2O2/c1-2-7-16(8-3-1)20-13-12-19-11-10-17-14-15-6-4-5-9-18-15/h1-9,17H,10-14H2. The lowest BCUT2D eigenvalue weighted by atomic mass is 10.3. The molecule has 0 amide bonds. The molecule has 2 aromatic rings. The van der Waals surface area contributed by atoms with Gasteiger partial charge in [-0.3, -0.25) is 4.98 Å². The molecule has 0 unspecified atom stereocenters. The molecule has 0 bridgehead atoms. The maximum absolute atomic E-state index is 5.53. The van der Waals surface area contributed by atoms with E-state index in [-0.39, 0.29) is 0 Å². The van der Waals surface area contributed by atoms with Gasteiger partial charge in [-0.1, -0.05) is 24.3 Å². The molecular weight excluding hydrogens is 252 g/mol. The third kappa shape index (κ3) is 5.82. The maximum Gasteiger partial charge on any atom is 0.119 e. The van der Waals surface area contributed by atoms with E-state index in [4.69, 9.17) is 9.47 Å². The first kappa shape index (κ1) is 14.5. The Morgan fingerprint density at radius 1 is 0.900 bits per heavy atom. The van der Waals surface area contributed by atoms with Crippen LogP contribution in [0.15, 0.2) is 54.7 Å². The Hall–Kier alpha value is -1.91. The predicted molar refractivity (Wildman–Crippen MR) is 78.7 cm³/mol. The molecule has 1 aromatic heterocycles. The van der Waals surface area contributed by atoms with E-state index >= 15 is 0 Å². The second-order valence-corrected chi connectivity index (χ2v) is 4.27. The van der Waals surface area contributed by atoms with E-state index in [1.165, 1.54) is 0 Å². The first-order chi connectivity index (χ1) is 9.95. The highest BCUT2D eigenvalue weighted by Gasteiger charge is 1.94. The van der Waals surface area contributed by atoms with Gasteiger partial charge < -0.3 is 14.8 Å². The fourth-order valence-corrected chi connectivity index (χ4v) is 1.70. The van der Waals surface area contributed by atoms with E-state index in [1.807, 2.05) is 48.5 Å². The first-order valence-corrected chi connectivity index (χ1v) is 6.81. The number of ether oxygens (including phenoxy) is 2. The summed E-state index contributed by atoms with van der Waals surface area (Å²) >= 11 is 0. The Morgan fingerprint density at radius 3 is 2.55 bits per heavy atom. The molecule has 1 heterocycles. The van der Waals surface area contributed by atoms with Crippen LogP contribution in [-0.2, 0) is 11.3 Å². The zero-order chi connectivity index (χ0) is 13.9. The molecule has 0 saturated carbocycles. The largest absolute Gasteiger partial charge is 0.491 e. The molecule has 1 aromatic carbocycles. The average Bonchev–Trinajstić information content (AvgIpc) is 2.52. The lowest BCUT2D eigenvalue weighted by Crippen LogP contribution is -2.21.